The summed E-state index contributed by atoms with van der Waals surface area (Å²) in [6, 6.07) is 0.177. The van der Waals surface area contributed by atoms with Crippen molar-refractivity contribution in [3.63, 3.8) is 0 Å². The lowest BCUT2D eigenvalue weighted by Crippen LogP contribution is -2.49. The zero-order chi connectivity index (χ0) is 12.8. The number of likely N-dealkylation sites (N-methyl/N-ethyl adjacent to an activating group) is 1. The van der Waals surface area contributed by atoms with Crippen LogP contribution < -0.4 is 10.6 Å². The van der Waals surface area contributed by atoms with E-state index in [9.17, 15) is 4.79 Å². The van der Waals surface area contributed by atoms with E-state index < -0.39 is 0 Å². The zero-order valence-electron chi connectivity index (χ0n) is 11.2. The molecule has 0 bridgehead atoms. The number of methoxy groups -OCH3 is 1. The highest BCUT2D eigenvalue weighted by Crippen LogP contribution is 2.14. The van der Waals surface area contributed by atoms with Gasteiger partial charge in [-0.2, -0.15) is 0 Å². The van der Waals surface area contributed by atoms with Gasteiger partial charge in [0.1, 0.15) is 0 Å². The number of ether oxygens (including phenoxy) is 2. The summed E-state index contributed by atoms with van der Waals surface area (Å²) in [5.74, 6) is 0.310. The van der Waals surface area contributed by atoms with Gasteiger partial charge in [-0.3, -0.25) is 4.79 Å². The van der Waals surface area contributed by atoms with Crippen molar-refractivity contribution in [2.45, 2.75) is 25.9 Å². The van der Waals surface area contributed by atoms with Crippen molar-refractivity contribution in [3.05, 3.63) is 0 Å². The molecule has 5 nitrogen and oxygen atoms in total. The van der Waals surface area contributed by atoms with E-state index in [-0.39, 0.29) is 23.9 Å². The average molecular weight is 244 g/mol. The first kappa shape index (κ1) is 14.4. The van der Waals surface area contributed by atoms with Gasteiger partial charge in [0, 0.05) is 13.2 Å². The smallest absolute Gasteiger partial charge is 0.227 e. The fourth-order valence-electron chi connectivity index (χ4n) is 1.97. The highest BCUT2D eigenvalue weighted by molar-refractivity contribution is 5.80. The summed E-state index contributed by atoms with van der Waals surface area (Å²) in [4.78, 5) is 12.1. The maximum atomic E-state index is 12.1. The first-order valence-electron chi connectivity index (χ1n) is 6.14. The largest absolute Gasteiger partial charge is 0.383 e. The minimum atomic E-state index is -0.0990. The van der Waals surface area contributed by atoms with Crippen LogP contribution in [0.15, 0.2) is 0 Å². The van der Waals surface area contributed by atoms with Crippen LogP contribution in [-0.4, -0.2) is 52.0 Å². The van der Waals surface area contributed by atoms with Crippen molar-refractivity contribution in [2.75, 3.05) is 34.0 Å². The van der Waals surface area contributed by atoms with Crippen LogP contribution in [0, 0.1) is 11.8 Å². The molecule has 0 radical (unpaired) electrons. The van der Waals surface area contributed by atoms with Gasteiger partial charge >= 0.3 is 0 Å². The van der Waals surface area contributed by atoms with Gasteiger partial charge in [-0.05, 0) is 13.0 Å². The molecule has 1 saturated heterocycles. The number of carbonyl (C=O) groups excluding carboxylic acids is 1. The molecule has 0 saturated carbocycles. The van der Waals surface area contributed by atoms with Gasteiger partial charge in [-0.25, -0.2) is 0 Å². The molecule has 0 aliphatic carbocycles. The fraction of sp³-hybridized carbons (Fsp3) is 0.917. The lowest BCUT2D eigenvalue weighted by molar-refractivity contribution is -0.126. The predicted molar refractivity (Wildman–Crippen MR) is 65.8 cm³/mol. The number of hydrogen-bond donors (Lipinski definition) is 2. The van der Waals surface area contributed by atoms with Crippen molar-refractivity contribution < 1.29 is 14.3 Å². The third kappa shape index (κ3) is 3.94. The molecule has 1 aliphatic heterocycles. The lowest BCUT2D eigenvalue weighted by Gasteiger charge is -2.24. The first-order chi connectivity index (χ1) is 8.10. The highest BCUT2D eigenvalue weighted by atomic mass is 16.5. The molecule has 5 heteroatoms. The topological polar surface area (TPSA) is 59.6 Å². The third-order valence-electron chi connectivity index (χ3n) is 3.27. The van der Waals surface area contributed by atoms with Gasteiger partial charge < -0.3 is 20.1 Å². The maximum absolute atomic E-state index is 12.1. The fourth-order valence-corrected chi connectivity index (χ4v) is 1.97. The Morgan fingerprint density at radius 1 is 1.47 bits per heavy atom. The molecule has 100 valence electrons. The highest BCUT2D eigenvalue weighted by Gasteiger charge is 2.34. The van der Waals surface area contributed by atoms with E-state index in [4.69, 9.17) is 9.47 Å². The molecule has 3 atom stereocenters. The molecule has 1 heterocycles. The molecule has 1 fully saturated rings. The second-order valence-corrected chi connectivity index (χ2v) is 4.85. The van der Waals surface area contributed by atoms with Gasteiger partial charge in [-0.15, -0.1) is 0 Å². The summed E-state index contributed by atoms with van der Waals surface area (Å²) in [6.45, 7) is 5.79. The summed E-state index contributed by atoms with van der Waals surface area (Å²) in [6.07, 6.45) is 0. The predicted octanol–water partition coefficient (Wildman–Crippen LogP) is 0.00800. The van der Waals surface area contributed by atoms with Crippen molar-refractivity contribution in [2.24, 2.45) is 11.8 Å². The summed E-state index contributed by atoms with van der Waals surface area (Å²) < 4.78 is 10.4. The molecule has 1 aliphatic rings. The Bertz CT molecular complexity index is 246. The Hall–Kier alpha value is -0.650. The minimum Gasteiger partial charge on any atom is -0.383 e. The van der Waals surface area contributed by atoms with Crippen LogP contribution >= 0.6 is 0 Å². The van der Waals surface area contributed by atoms with Crippen LogP contribution in [0.5, 0.6) is 0 Å². The Morgan fingerprint density at radius 3 is 2.71 bits per heavy atom. The molecule has 3 unspecified atom stereocenters. The Labute approximate surface area is 103 Å². The van der Waals surface area contributed by atoms with Crippen LogP contribution in [0.1, 0.15) is 13.8 Å². The monoisotopic (exact) mass is 244 g/mol. The van der Waals surface area contributed by atoms with Gasteiger partial charge in [-0.1, -0.05) is 13.8 Å². The SMILES string of the molecule is CNC1COCC1C(=O)NC(COC)C(C)C. The van der Waals surface area contributed by atoms with Gasteiger partial charge in [0.25, 0.3) is 0 Å². The van der Waals surface area contributed by atoms with Gasteiger partial charge in [0.05, 0.1) is 31.8 Å². The molecular formula is C12H24N2O3. The third-order valence-corrected chi connectivity index (χ3v) is 3.27. The quantitative estimate of drug-likeness (QED) is 0.691. The number of rotatable bonds is 6. The molecule has 0 aromatic rings. The van der Waals surface area contributed by atoms with Crippen molar-refractivity contribution in [3.8, 4) is 0 Å². The number of amides is 1. The lowest BCUT2D eigenvalue weighted by atomic mass is 10.00. The molecule has 17 heavy (non-hydrogen) atoms. The van der Waals surface area contributed by atoms with E-state index in [0.29, 0.717) is 25.7 Å². The Morgan fingerprint density at radius 2 is 2.18 bits per heavy atom. The molecular weight excluding hydrogens is 220 g/mol. The minimum absolute atomic E-state index is 0.0533. The van der Waals surface area contributed by atoms with Crippen LogP contribution in [-0.2, 0) is 14.3 Å². The number of hydrogen-bond acceptors (Lipinski definition) is 4. The second kappa shape index (κ2) is 6.93. The van der Waals surface area contributed by atoms with E-state index in [1.807, 2.05) is 7.05 Å². The first-order valence-corrected chi connectivity index (χ1v) is 6.14. The standard InChI is InChI=1S/C12H24N2O3/c1-8(2)10(6-16-4)14-12(15)9-5-17-7-11(9)13-3/h8-11,13H,5-7H2,1-4H3,(H,14,15). The van der Waals surface area contributed by atoms with Gasteiger partial charge in [0.2, 0.25) is 5.91 Å². The van der Waals surface area contributed by atoms with Crippen LogP contribution in [0.3, 0.4) is 0 Å². The average Bonchev–Trinajstić information content (AvgIpc) is 2.76. The molecule has 0 aromatic carbocycles. The zero-order valence-corrected chi connectivity index (χ0v) is 11.2. The van der Waals surface area contributed by atoms with Crippen LogP contribution in [0.4, 0.5) is 0 Å². The van der Waals surface area contributed by atoms with Crippen molar-refractivity contribution in [1.82, 2.24) is 10.6 Å². The number of nitrogens with one attached hydrogen (secondary N) is 2. The maximum Gasteiger partial charge on any atom is 0.227 e. The summed E-state index contributed by atoms with van der Waals surface area (Å²) in [5.41, 5.74) is 0. The Balaban J connectivity index is 2.51. The van der Waals surface area contributed by atoms with E-state index in [2.05, 4.69) is 24.5 Å². The van der Waals surface area contributed by atoms with Crippen LogP contribution in [0.25, 0.3) is 0 Å². The van der Waals surface area contributed by atoms with Crippen molar-refractivity contribution in [1.29, 1.82) is 0 Å². The second-order valence-electron chi connectivity index (χ2n) is 4.85. The van der Waals surface area contributed by atoms with E-state index in [1.165, 1.54) is 0 Å². The normalized spacial score (nSPS) is 26.2. The molecule has 2 N–H and O–H groups in total. The summed E-state index contributed by atoms with van der Waals surface area (Å²) in [5, 5.41) is 6.15. The molecule has 1 amide bonds. The van der Waals surface area contributed by atoms with E-state index in [0.717, 1.165) is 0 Å². The summed E-state index contributed by atoms with van der Waals surface area (Å²) in [7, 11) is 3.51. The summed E-state index contributed by atoms with van der Waals surface area (Å²) >= 11 is 0. The number of carbonyl (C=O) groups is 1. The molecule has 0 aromatic heterocycles. The molecule has 1 rings (SSSR count). The van der Waals surface area contributed by atoms with Crippen molar-refractivity contribution >= 4 is 5.91 Å². The van der Waals surface area contributed by atoms with Crippen LogP contribution in [0.2, 0.25) is 0 Å². The Kier molecular flexibility index (Phi) is 5.88. The van der Waals surface area contributed by atoms with E-state index >= 15 is 0 Å². The molecule has 0 spiro atoms. The van der Waals surface area contributed by atoms with E-state index in [1.54, 1.807) is 7.11 Å². The van der Waals surface area contributed by atoms with Gasteiger partial charge in [0.15, 0.2) is 0 Å².